The van der Waals surface area contributed by atoms with E-state index in [0.717, 1.165) is 17.0 Å². The summed E-state index contributed by atoms with van der Waals surface area (Å²) in [6, 6.07) is 11.2. The molecule has 0 unspecified atom stereocenters. The van der Waals surface area contributed by atoms with Crippen LogP contribution in [0.15, 0.2) is 41.2 Å². The summed E-state index contributed by atoms with van der Waals surface area (Å²) in [5.74, 6) is 0.396. The Morgan fingerprint density at radius 2 is 2.00 bits per heavy atom. The predicted octanol–water partition coefficient (Wildman–Crippen LogP) is 2.30. The van der Waals surface area contributed by atoms with E-state index in [1.54, 1.807) is 6.07 Å². The highest BCUT2D eigenvalue weighted by Gasteiger charge is 2.25. The van der Waals surface area contributed by atoms with E-state index in [2.05, 4.69) is 0 Å². The molecule has 1 aromatic carbocycles. The average Bonchev–Trinajstić information content (AvgIpc) is 2.45. The van der Waals surface area contributed by atoms with Crippen LogP contribution >= 0.6 is 0 Å². The van der Waals surface area contributed by atoms with Crippen molar-refractivity contribution < 1.29 is 9.47 Å². The van der Waals surface area contributed by atoms with Gasteiger partial charge in [0.2, 0.25) is 11.7 Å². The van der Waals surface area contributed by atoms with E-state index in [1.807, 2.05) is 48.9 Å². The Kier molecular flexibility index (Phi) is 2.87. The highest BCUT2D eigenvalue weighted by molar-refractivity contribution is 5.32. The lowest BCUT2D eigenvalue weighted by Crippen LogP contribution is -2.26. The molecule has 0 spiro atoms. The fourth-order valence-corrected chi connectivity index (χ4v) is 2.22. The molecular formula is C15H15NO3. The summed E-state index contributed by atoms with van der Waals surface area (Å²) in [4.78, 5) is 12.0. The Balaban J connectivity index is 2.01. The van der Waals surface area contributed by atoms with Crippen LogP contribution < -0.4 is 10.2 Å². The number of hydrogen-bond donors (Lipinski definition) is 0. The molecule has 1 aliphatic heterocycles. The fourth-order valence-electron chi connectivity index (χ4n) is 2.22. The quantitative estimate of drug-likeness (QED) is 0.787. The summed E-state index contributed by atoms with van der Waals surface area (Å²) in [5.41, 5.74) is 2.51. The molecule has 0 saturated carbocycles. The second-order valence-electron chi connectivity index (χ2n) is 4.66. The molecule has 0 bridgehead atoms. The van der Waals surface area contributed by atoms with Gasteiger partial charge in [-0.05, 0) is 6.92 Å². The van der Waals surface area contributed by atoms with Crippen LogP contribution in [-0.2, 0) is 18.4 Å². The average molecular weight is 257 g/mol. The molecule has 0 aliphatic carbocycles. The van der Waals surface area contributed by atoms with Crippen LogP contribution in [-0.4, -0.2) is 4.57 Å². The normalized spacial score (nSPS) is 17.7. The van der Waals surface area contributed by atoms with Crippen molar-refractivity contribution in [1.29, 1.82) is 0 Å². The molecular weight excluding hydrogens is 242 g/mol. The van der Waals surface area contributed by atoms with Crippen LogP contribution in [0.1, 0.15) is 23.2 Å². The number of ether oxygens (including phenoxy) is 2. The van der Waals surface area contributed by atoms with Gasteiger partial charge in [-0.2, -0.15) is 0 Å². The van der Waals surface area contributed by atoms with Gasteiger partial charge in [-0.15, -0.1) is 0 Å². The molecule has 0 radical (unpaired) electrons. The first-order valence-electron chi connectivity index (χ1n) is 6.19. The van der Waals surface area contributed by atoms with Crippen molar-refractivity contribution in [3.8, 4) is 5.75 Å². The van der Waals surface area contributed by atoms with E-state index < -0.39 is 6.29 Å². The second-order valence-corrected chi connectivity index (χ2v) is 4.66. The van der Waals surface area contributed by atoms with Crippen molar-refractivity contribution in [2.24, 2.45) is 7.05 Å². The molecule has 0 fully saturated rings. The third kappa shape index (κ3) is 2.04. The number of pyridine rings is 1. The van der Waals surface area contributed by atoms with Gasteiger partial charge < -0.3 is 14.0 Å². The number of benzene rings is 1. The van der Waals surface area contributed by atoms with E-state index in [9.17, 15) is 4.79 Å². The van der Waals surface area contributed by atoms with E-state index in [-0.39, 0.29) is 5.43 Å². The summed E-state index contributed by atoms with van der Waals surface area (Å²) in [7, 11) is 1.91. The van der Waals surface area contributed by atoms with Gasteiger partial charge in [0, 0.05) is 24.4 Å². The van der Waals surface area contributed by atoms with E-state index in [1.165, 1.54) is 0 Å². The van der Waals surface area contributed by atoms with Crippen LogP contribution in [0.5, 0.6) is 5.75 Å². The summed E-state index contributed by atoms with van der Waals surface area (Å²) in [6.07, 6.45) is -0.510. The summed E-state index contributed by atoms with van der Waals surface area (Å²) < 4.78 is 13.4. The molecule has 0 N–H and O–H groups in total. The van der Waals surface area contributed by atoms with E-state index in [0.29, 0.717) is 12.4 Å². The molecule has 98 valence electrons. The number of nitrogens with zero attached hydrogens (tertiary/aromatic N) is 1. The molecule has 4 heteroatoms. The van der Waals surface area contributed by atoms with E-state index >= 15 is 0 Å². The fraction of sp³-hybridized carbons (Fsp3) is 0.267. The van der Waals surface area contributed by atoms with Crippen LogP contribution in [0, 0.1) is 6.92 Å². The molecule has 1 atom stereocenters. The smallest absolute Gasteiger partial charge is 0.227 e. The zero-order valence-electron chi connectivity index (χ0n) is 10.9. The largest absolute Gasteiger partial charge is 0.455 e. The number of hydrogen-bond acceptors (Lipinski definition) is 3. The lowest BCUT2D eigenvalue weighted by molar-refractivity contribution is -0.115. The van der Waals surface area contributed by atoms with E-state index in [4.69, 9.17) is 9.47 Å². The number of aryl methyl sites for hydroxylation is 1. The number of fused-ring (bicyclic) bond motifs is 1. The maximum Gasteiger partial charge on any atom is 0.227 e. The van der Waals surface area contributed by atoms with Gasteiger partial charge in [0.05, 0.1) is 12.3 Å². The Morgan fingerprint density at radius 1 is 1.26 bits per heavy atom. The monoisotopic (exact) mass is 257 g/mol. The summed E-state index contributed by atoms with van der Waals surface area (Å²) in [6.45, 7) is 2.27. The minimum atomic E-state index is -0.510. The van der Waals surface area contributed by atoms with Gasteiger partial charge in [0.1, 0.15) is 0 Å². The van der Waals surface area contributed by atoms with Crippen molar-refractivity contribution in [2.45, 2.75) is 19.8 Å². The topological polar surface area (TPSA) is 40.5 Å². The molecule has 1 aliphatic rings. The van der Waals surface area contributed by atoms with Crippen LogP contribution in [0.25, 0.3) is 0 Å². The molecule has 19 heavy (non-hydrogen) atoms. The number of rotatable bonds is 1. The maximum atomic E-state index is 12.0. The Bertz CT molecular complexity index is 661. The van der Waals surface area contributed by atoms with Gasteiger partial charge in [0.15, 0.2) is 5.75 Å². The Hall–Kier alpha value is -2.07. The van der Waals surface area contributed by atoms with Crippen LogP contribution in [0.3, 0.4) is 0 Å². The van der Waals surface area contributed by atoms with Crippen molar-refractivity contribution in [2.75, 3.05) is 0 Å². The third-order valence-electron chi connectivity index (χ3n) is 3.43. The maximum absolute atomic E-state index is 12.0. The lowest BCUT2D eigenvalue weighted by Gasteiger charge is -2.28. The first kappa shape index (κ1) is 12.0. The van der Waals surface area contributed by atoms with Crippen molar-refractivity contribution in [3.63, 3.8) is 0 Å². The lowest BCUT2D eigenvalue weighted by atomic mass is 10.2. The van der Waals surface area contributed by atoms with Gasteiger partial charge >= 0.3 is 0 Å². The molecule has 1 aromatic heterocycles. The van der Waals surface area contributed by atoms with Gasteiger partial charge in [0.25, 0.3) is 0 Å². The Morgan fingerprint density at radius 3 is 2.74 bits per heavy atom. The Labute approximate surface area is 111 Å². The molecule has 2 aromatic rings. The highest BCUT2D eigenvalue weighted by Crippen LogP contribution is 2.30. The SMILES string of the molecule is Cc1cc(=O)c2c(n1C)CO[C@H](c1ccccc1)O2. The van der Waals surface area contributed by atoms with Gasteiger partial charge in [-0.3, -0.25) is 4.79 Å². The standard InChI is InChI=1S/C15H15NO3/c1-10-8-13(17)14-12(16(10)2)9-18-15(19-14)11-6-4-3-5-7-11/h3-8,15H,9H2,1-2H3/t15-/m0/s1. The van der Waals surface area contributed by atoms with Crippen LogP contribution in [0.4, 0.5) is 0 Å². The molecule has 2 heterocycles. The zero-order valence-corrected chi connectivity index (χ0v) is 10.9. The van der Waals surface area contributed by atoms with Gasteiger partial charge in [-0.25, -0.2) is 0 Å². The second kappa shape index (κ2) is 4.55. The zero-order chi connectivity index (χ0) is 13.4. The highest BCUT2D eigenvalue weighted by atomic mass is 16.7. The first-order chi connectivity index (χ1) is 9.16. The first-order valence-corrected chi connectivity index (χ1v) is 6.19. The molecule has 0 saturated heterocycles. The molecule has 0 amide bonds. The molecule has 3 rings (SSSR count). The predicted molar refractivity (Wildman–Crippen MR) is 71.0 cm³/mol. The molecule has 4 nitrogen and oxygen atoms in total. The minimum Gasteiger partial charge on any atom is -0.455 e. The third-order valence-corrected chi connectivity index (χ3v) is 3.43. The summed E-state index contributed by atoms with van der Waals surface area (Å²) in [5, 5.41) is 0. The van der Waals surface area contributed by atoms with Gasteiger partial charge in [-0.1, -0.05) is 30.3 Å². The van der Waals surface area contributed by atoms with Crippen molar-refractivity contribution >= 4 is 0 Å². The van der Waals surface area contributed by atoms with Crippen molar-refractivity contribution in [3.05, 3.63) is 63.6 Å². The van der Waals surface area contributed by atoms with Crippen LogP contribution in [0.2, 0.25) is 0 Å². The summed E-state index contributed by atoms with van der Waals surface area (Å²) >= 11 is 0. The number of aromatic nitrogens is 1. The minimum absolute atomic E-state index is 0.0881. The van der Waals surface area contributed by atoms with Crippen molar-refractivity contribution in [1.82, 2.24) is 4.57 Å².